The molecule has 0 spiro atoms. The molecule has 0 radical (unpaired) electrons. The summed E-state index contributed by atoms with van der Waals surface area (Å²) in [5.41, 5.74) is 2.76. The maximum absolute atomic E-state index is 12.5. The van der Waals surface area contributed by atoms with Gasteiger partial charge in [0.15, 0.2) is 0 Å². The minimum absolute atomic E-state index is 0.195. The molecule has 6 nitrogen and oxygen atoms in total. The van der Waals surface area contributed by atoms with E-state index in [0.717, 1.165) is 15.7 Å². The van der Waals surface area contributed by atoms with E-state index in [1.54, 1.807) is 23.1 Å². The van der Waals surface area contributed by atoms with Crippen LogP contribution in [-0.4, -0.2) is 42.4 Å². The summed E-state index contributed by atoms with van der Waals surface area (Å²) in [4.78, 5) is 40.2. The SMILES string of the molecule is CCN(C(=O)NCCCN1C(=O)c2ccc(Br)cc2C1=O)c1cccc(C)c1. The van der Waals surface area contributed by atoms with Crippen LogP contribution in [0.2, 0.25) is 0 Å². The van der Waals surface area contributed by atoms with E-state index in [2.05, 4.69) is 21.2 Å². The van der Waals surface area contributed by atoms with Crippen molar-refractivity contribution in [3.63, 3.8) is 0 Å². The molecule has 2 aromatic carbocycles. The van der Waals surface area contributed by atoms with Crippen LogP contribution in [0.25, 0.3) is 0 Å². The lowest BCUT2D eigenvalue weighted by Crippen LogP contribution is -2.41. The molecule has 0 aromatic heterocycles. The van der Waals surface area contributed by atoms with Crippen molar-refractivity contribution in [3.05, 3.63) is 63.6 Å². The number of anilines is 1. The van der Waals surface area contributed by atoms with E-state index in [-0.39, 0.29) is 24.4 Å². The Morgan fingerprint density at radius 2 is 1.86 bits per heavy atom. The topological polar surface area (TPSA) is 69.7 Å². The number of benzene rings is 2. The number of halogens is 1. The van der Waals surface area contributed by atoms with Gasteiger partial charge in [0.25, 0.3) is 11.8 Å². The number of carbonyl (C=O) groups excluding carboxylic acids is 3. The van der Waals surface area contributed by atoms with Gasteiger partial charge in [0.05, 0.1) is 11.1 Å². The molecular formula is C21H22BrN3O3. The molecule has 2 aromatic rings. The molecule has 1 aliphatic heterocycles. The molecule has 0 aliphatic carbocycles. The number of urea groups is 1. The maximum Gasteiger partial charge on any atom is 0.321 e. The third-order valence-electron chi connectivity index (χ3n) is 4.64. The number of rotatable bonds is 6. The Hall–Kier alpha value is -2.67. The van der Waals surface area contributed by atoms with Crippen LogP contribution in [0.15, 0.2) is 46.9 Å². The zero-order valence-corrected chi connectivity index (χ0v) is 17.5. The average Bonchev–Trinajstić information content (AvgIpc) is 2.90. The lowest BCUT2D eigenvalue weighted by atomic mass is 10.1. The van der Waals surface area contributed by atoms with Gasteiger partial charge in [0.1, 0.15) is 0 Å². The fourth-order valence-electron chi connectivity index (χ4n) is 3.23. The van der Waals surface area contributed by atoms with Crippen LogP contribution in [0.3, 0.4) is 0 Å². The van der Waals surface area contributed by atoms with Gasteiger partial charge in [-0.1, -0.05) is 28.1 Å². The van der Waals surface area contributed by atoms with Crippen molar-refractivity contribution in [2.45, 2.75) is 20.3 Å². The first-order valence-corrected chi connectivity index (χ1v) is 9.99. The molecule has 1 N–H and O–H groups in total. The Morgan fingerprint density at radius 1 is 1.11 bits per heavy atom. The number of hydrogen-bond acceptors (Lipinski definition) is 3. The number of hydrogen-bond donors (Lipinski definition) is 1. The molecule has 28 heavy (non-hydrogen) atoms. The smallest absolute Gasteiger partial charge is 0.321 e. The quantitative estimate of drug-likeness (QED) is 0.542. The standard InChI is InChI=1S/C21H22BrN3O3/c1-3-24(16-7-4-6-14(2)12-16)21(28)23-10-5-11-25-19(26)17-9-8-15(22)13-18(17)20(25)27/h4,6-9,12-13H,3,5,10-11H2,1-2H3,(H,23,28). The molecule has 0 saturated heterocycles. The summed E-state index contributed by atoms with van der Waals surface area (Å²) < 4.78 is 0.761. The number of imide groups is 1. The van der Waals surface area contributed by atoms with Crippen LogP contribution in [0.1, 0.15) is 39.6 Å². The highest BCUT2D eigenvalue weighted by atomic mass is 79.9. The Bertz CT molecular complexity index is 929. The Kier molecular flexibility index (Phi) is 6.14. The van der Waals surface area contributed by atoms with Crippen molar-refractivity contribution in [2.24, 2.45) is 0 Å². The second-order valence-corrected chi connectivity index (χ2v) is 7.54. The number of fused-ring (bicyclic) bond motifs is 1. The van der Waals surface area contributed by atoms with Gasteiger partial charge in [-0.15, -0.1) is 0 Å². The molecule has 0 atom stereocenters. The summed E-state index contributed by atoms with van der Waals surface area (Å²) in [7, 11) is 0. The van der Waals surface area contributed by atoms with Crippen LogP contribution in [0, 0.1) is 6.92 Å². The van der Waals surface area contributed by atoms with Gasteiger partial charge in [-0.2, -0.15) is 0 Å². The Morgan fingerprint density at radius 3 is 2.57 bits per heavy atom. The summed E-state index contributed by atoms with van der Waals surface area (Å²) in [6.45, 7) is 5.08. The van der Waals surface area contributed by atoms with Gasteiger partial charge in [0, 0.05) is 29.8 Å². The van der Waals surface area contributed by atoms with E-state index in [1.165, 1.54) is 4.90 Å². The van der Waals surface area contributed by atoms with E-state index in [0.29, 0.717) is 30.6 Å². The van der Waals surface area contributed by atoms with Crippen LogP contribution < -0.4 is 10.2 Å². The zero-order valence-electron chi connectivity index (χ0n) is 15.9. The molecule has 3 rings (SSSR count). The molecule has 1 heterocycles. The van der Waals surface area contributed by atoms with Crippen molar-refractivity contribution in [1.29, 1.82) is 0 Å². The number of amides is 4. The van der Waals surface area contributed by atoms with E-state index in [9.17, 15) is 14.4 Å². The minimum Gasteiger partial charge on any atom is -0.338 e. The molecule has 0 bridgehead atoms. The summed E-state index contributed by atoms with van der Waals surface area (Å²) in [6, 6.07) is 12.6. The highest BCUT2D eigenvalue weighted by Gasteiger charge is 2.35. The zero-order chi connectivity index (χ0) is 20.3. The maximum atomic E-state index is 12.5. The molecule has 0 unspecified atom stereocenters. The van der Waals surface area contributed by atoms with Gasteiger partial charge < -0.3 is 5.32 Å². The Labute approximate surface area is 172 Å². The summed E-state index contributed by atoms with van der Waals surface area (Å²) in [6.07, 6.45) is 0.490. The van der Waals surface area contributed by atoms with Crippen molar-refractivity contribution in [2.75, 3.05) is 24.5 Å². The predicted octanol–water partition coefficient (Wildman–Crippen LogP) is 3.98. The first-order valence-electron chi connectivity index (χ1n) is 9.20. The van der Waals surface area contributed by atoms with Gasteiger partial charge in [-0.3, -0.25) is 19.4 Å². The van der Waals surface area contributed by atoms with E-state index in [4.69, 9.17) is 0 Å². The van der Waals surface area contributed by atoms with Crippen molar-refractivity contribution in [3.8, 4) is 0 Å². The van der Waals surface area contributed by atoms with Gasteiger partial charge >= 0.3 is 6.03 Å². The fourth-order valence-corrected chi connectivity index (χ4v) is 3.59. The summed E-state index contributed by atoms with van der Waals surface area (Å²) in [5.74, 6) is -0.573. The lowest BCUT2D eigenvalue weighted by molar-refractivity contribution is 0.0653. The third-order valence-corrected chi connectivity index (χ3v) is 5.14. The van der Waals surface area contributed by atoms with E-state index >= 15 is 0 Å². The second-order valence-electron chi connectivity index (χ2n) is 6.62. The number of nitrogens with zero attached hydrogens (tertiary/aromatic N) is 2. The molecule has 7 heteroatoms. The van der Waals surface area contributed by atoms with Gasteiger partial charge in [-0.05, 0) is 56.2 Å². The summed E-state index contributed by atoms with van der Waals surface area (Å²) >= 11 is 3.32. The normalized spacial score (nSPS) is 12.9. The molecule has 1 aliphatic rings. The Balaban J connectivity index is 1.54. The van der Waals surface area contributed by atoms with Gasteiger partial charge in [-0.25, -0.2) is 4.79 Å². The first kappa shape index (κ1) is 20.1. The molecule has 0 saturated carbocycles. The molecular weight excluding hydrogens is 422 g/mol. The van der Waals surface area contributed by atoms with Crippen LogP contribution in [0.5, 0.6) is 0 Å². The van der Waals surface area contributed by atoms with Crippen molar-refractivity contribution < 1.29 is 14.4 Å². The second kappa shape index (κ2) is 8.56. The molecule has 4 amide bonds. The highest BCUT2D eigenvalue weighted by Crippen LogP contribution is 2.26. The van der Waals surface area contributed by atoms with Crippen LogP contribution >= 0.6 is 15.9 Å². The van der Waals surface area contributed by atoms with Crippen LogP contribution in [-0.2, 0) is 0 Å². The summed E-state index contributed by atoms with van der Waals surface area (Å²) in [5, 5.41) is 2.87. The molecule has 0 fully saturated rings. The number of carbonyl (C=O) groups is 3. The van der Waals surface area contributed by atoms with E-state index < -0.39 is 0 Å². The largest absolute Gasteiger partial charge is 0.338 e. The van der Waals surface area contributed by atoms with E-state index in [1.807, 2.05) is 38.1 Å². The molecule has 146 valence electrons. The lowest BCUT2D eigenvalue weighted by Gasteiger charge is -2.22. The predicted molar refractivity (Wildman–Crippen MR) is 112 cm³/mol. The van der Waals surface area contributed by atoms with Gasteiger partial charge in [0.2, 0.25) is 0 Å². The number of aryl methyl sites for hydroxylation is 1. The van der Waals surface area contributed by atoms with Crippen molar-refractivity contribution >= 4 is 39.5 Å². The first-order chi connectivity index (χ1) is 13.4. The fraction of sp³-hybridized carbons (Fsp3) is 0.286. The van der Waals surface area contributed by atoms with Crippen molar-refractivity contribution in [1.82, 2.24) is 10.2 Å². The van der Waals surface area contributed by atoms with Crippen LogP contribution in [0.4, 0.5) is 10.5 Å². The minimum atomic E-state index is -0.289. The third kappa shape index (κ3) is 4.09. The average molecular weight is 444 g/mol. The number of nitrogens with one attached hydrogen (secondary N) is 1. The monoisotopic (exact) mass is 443 g/mol. The highest BCUT2D eigenvalue weighted by molar-refractivity contribution is 9.10.